The van der Waals surface area contributed by atoms with Crippen LogP contribution in [0.25, 0.3) is 0 Å². The first-order valence-corrected chi connectivity index (χ1v) is 8.55. The Bertz CT molecular complexity index is 512. The van der Waals surface area contributed by atoms with E-state index in [0.717, 1.165) is 4.90 Å². The molecule has 25 heavy (non-hydrogen) atoms. The number of hydrogen-bond acceptors (Lipinski definition) is 6. The summed E-state index contributed by atoms with van der Waals surface area (Å²) in [5.41, 5.74) is -0.533. The summed E-state index contributed by atoms with van der Waals surface area (Å²) in [7, 11) is 1.24. The Hall–Kier alpha value is -2.12. The molecule has 1 rings (SSSR count). The molecule has 0 aliphatic carbocycles. The van der Waals surface area contributed by atoms with Gasteiger partial charge < -0.3 is 14.8 Å². The average molecular weight is 356 g/mol. The molecule has 0 aromatic carbocycles. The summed E-state index contributed by atoms with van der Waals surface area (Å²) in [6, 6.07) is -0.793. The molecule has 1 heterocycles. The van der Waals surface area contributed by atoms with Gasteiger partial charge in [-0.3, -0.25) is 14.5 Å². The van der Waals surface area contributed by atoms with Gasteiger partial charge in [0, 0.05) is 19.4 Å². The Morgan fingerprint density at radius 3 is 2.48 bits per heavy atom. The van der Waals surface area contributed by atoms with Crippen LogP contribution >= 0.6 is 0 Å². The standard InChI is InChI=1S/C17H28N2O6/c1-17(2,3)25-16(23)18-11-7-5-6-8-13(20)19-12(15(22)24-4)9-10-14(19)21/h12H,5-11H2,1-4H3,(H,18,23)/t12-/m0/s1. The fraction of sp³-hybridized carbons (Fsp3) is 0.765. The van der Waals surface area contributed by atoms with Crippen LogP contribution in [-0.2, 0) is 23.9 Å². The summed E-state index contributed by atoms with van der Waals surface area (Å²) in [5, 5.41) is 2.65. The molecule has 8 nitrogen and oxygen atoms in total. The third-order valence-electron chi connectivity index (χ3n) is 3.69. The first kappa shape index (κ1) is 20.9. The summed E-state index contributed by atoms with van der Waals surface area (Å²) in [4.78, 5) is 48.1. The number of carbonyl (C=O) groups is 4. The largest absolute Gasteiger partial charge is 0.467 e. The summed E-state index contributed by atoms with van der Waals surface area (Å²) < 4.78 is 9.75. The fourth-order valence-electron chi connectivity index (χ4n) is 2.56. The van der Waals surface area contributed by atoms with Crippen LogP contribution in [0, 0.1) is 0 Å². The second-order valence-electron chi connectivity index (χ2n) is 6.97. The molecule has 0 unspecified atom stereocenters. The first-order chi connectivity index (χ1) is 11.7. The minimum atomic E-state index is -0.793. The summed E-state index contributed by atoms with van der Waals surface area (Å²) in [5.74, 6) is -1.23. The molecule has 1 saturated heterocycles. The van der Waals surface area contributed by atoms with Gasteiger partial charge in [-0.05, 0) is 40.0 Å². The van der Waals surface area contributed by atoms with Gasteiger partial charge in [-0.1, -0.05) is 6.42 Å². The zero-order chi connectivity index (χ0) is 19.0. The van der Waals surface area contributed by atoms with E-state index in [1.54, 1.807) is 20.8 Å². The highest BCUT2D eigenvalue weighted by Gasteiger charge is 2.40. The Labute approximate surface area is 148 Å². The maximum Gasteiger partial charge on any atom is 0.407 e. The van der Waals surface area contributed by atoms with E-state index in [9.17, 15) is 19.2 Å². The maximum atomic E-state index is 12.2. The lowest BCUT2D eigenvalue weighted by molar-refractivity contribution is -0.155. The predicted octanol–water partition coefficient (Wildman–Crippen LogP) is 1.76. The molecular formula is C17H28N2O6. The maximum absolute atomic E-state index is 12.2. The topological polar surface area (TPSA) is 102 Å². The molecule has 3 amide bonds. The fourth-order valence-corrected chi connectivity index (χ4v) is 2.56. The van der Waals surface area contributed by atoms with Crippen molar-refractivity contribution < 1.29 is 28.7 Å². The monoisotopic (exact) mass is 356 g/mol. The SMILES string of the molecule is COC(=O)[C@@H]1CCC(=O)N1C(=O)CCCCCNC(=O)OC(C)(C)C. The lowest BCUT2D eigenvalue weighted by atomic mass is 10.1. The second-order valence-corrected chi connectivity index (χ2v) is 6.97. The van der Waals surface area contributed by atoms with Crippen LogP contribution in [0.2, 0.25) is 0 Å². The number of nitrogens with zero attached hydrogens (tertiary/aromatic N) is 1. The number of rotatable bonds is 7. The Balaban J connectivity index is 2.25. The van der Waals surface area contributed by atoms with Crippen molar-refractivity contribution in [2.24, 2.45) is 0 Å². The second kappa shape index (κ2) is 9.39. The quantitative estimate of drug-likeness (QED) is 0.551. The molecule has 0 saturated carbocycles. The first-order valence-electron chi connectivity index (χ1n) is 8.55. The number of ether oxygens (including phenoxy) is 2. The average Bonchev–Trinajstić information content (AvgIpc) is 2.89. The summed E-state index contributed by atoms with van der Waals surface area (Å²) in [6.07, 6.45) is 2.21. The highest BCUT2D eigenvalue weighted by Crippen LogP contribution is 2.21. The molecule has 0 radical (unpaired) electrons. The molecule has 0 spiro atoms. The van der Waals surface area contributed by atoms with Crippen LogP contribution in [0.4, 0.5) is 4.79 Å². The van der Waals surface area contributed by atoms with Gasteiger partial charge in [0.1, 0.15) is 11.6 Å². The number of imide groups is 1. The molecule has 0 aromatic heterocycles. The van der Waals surface area contributed by atoms with Crippen LogP contribution in [0.1, 0.15) is 59.3 Å². The molecule has 0 bridgehead atoms. The van der Waals surface area contributed by atoms with Crippen molar-refractivity contribution in [2.75, 3.05) is 13.7 Å². The van der Waals surface area contributed by atoms with Gasteiger partial charge in [-0.25, -0.2) is 9.59 Å². The lowest BCUT2D eigenvalue weighted by Gasteiger charge is -2.21. The number of carbonyl (C=O) groups excluding carboxylic acids is 4. The molecule has 0 aromatic rings. The van der Waals surface area contributed by atoms with E-state index < -0.39 is 23.7 Å². The normalized spacial score (nSPS) is 17.4. The van der Waals surface area contributed by atoms with E-state index in [2.05, 4.69) is 10.1 Å². The minimum absolute atomic E-state index is 0.186. The van der Waals surface area contributed by atoms with Crippen molar-refractivity contribution in [3.63, 3.8) is 0 Å². The molecule has 1 fully saturated rings. The number of hydrogen-bond donors (Lipinski definition) is 1. The van der Waals surface area contributed by atoms with Gasteiger partial charge >= 0.3 is 12.1 Å². The van der Waals surface area contributed by atoms with E-state index in [1.807, 2.05) is 0 Å². The van der Waals surface area contributed by atoms with Crippen molar-refractivity contribution in [1.82, 2.24) is 10.2 Å². The van der Waals surface area contributed by atoms with Crippen molar-refractivity contribution in [1.29, 1.82) is 0 Å². The van der Waals surface area contributed by atoms with E-state index >= 15 is 0 Å². The predicted molar refractivity (Wildman–Crippen MR) is 89.6 cm³/mol. The van der Waals surface area contributed by atoms with Crippen LogP contribution in [0.15, 0.2) is 0 Å². The lowest BCUT2D eigenvalue weighted by Crippen LogP contribution is -2.43. The van der Waals surface area contributed by atoms with Crippen molar-refractivity contribution in [2.45, 2.75) is 70.9 Å². The van der Waals surface area contributed by atoms with E-state index in [1.165, 1.54) is 7.11 Å². The van der Waals surface area contributed by atoms with Crippen molar-refractivity contribution in [3.05, 3.63) is 0 Å². The molecule has 142 valence electrons. The summed E-state index contributed by atoms with van der Waals surface area (Å²) in [6.45, 7) is 5.83. The van der Waals surface area contributed by atoms with Crippen LogP contribution in [0.5, 0.6) is 0 Å². The van der Waals surface area contributed by atoms with Crippen molar-refractivity contribution in [3.8, 4) is 0 Å². The van der Waals surface area contributed by atoms with Crippen LogP contribution in [-0.4, -0.2) is 54.1 Å². The number of alkyl carbamates (subject to hydrolysis) is 1. The number of methoxy groups -OCH3 is 1. The van der Waals surface area contributed by atoms with Crippen LogP contribution in [0.3, 0.4) is 0 Å². The molecular weight excluding hydrogens is 328 g/mol. The summed E-state index contributed by atoms with van der Waals surface area (Å²) >= 11 is 0. The van der Waals surface area contributed by atoms with E-state index in [0.29, 0.717) is 32.2 Å². The van der Waals surface area contributed by atoms with Crippen LogP contribution < -0.4 is 5.32 Å². The smallest absolute Gasteiger partial charge is 0.407 e. The van der Waals surface area contributed by atoms with Crippen molar-refractivity contribution >= 4 is 23.9 Å². The number of unbranched alkanes of at least 4 members (excludes halogenated alkanes) is 2. The minimum Gasteiger partial charge on any atom is -0.467 e. The zero-order valence-electron chi connectivity index (χ0n) is 15.4. The third-order valence-corrected chi connectivity index (χ3v) is 3.69. The Morgan fingerprint density at radius 2 is 1.88 bits per heavy atom. The van der Waals surface area contributed by atoms with Gasteiger partial charge in [0.15, 0.2) is 0 Å². The molecule has 1 aliphatic heterocycles. The molecule has 1 aliphatic rings. The number of esters is 1. The highest BCUT2D eigenvalue weighted by atomic mass is 16.6. The Kier molecular flexibility index (Phi) is 7.86. The van der Waals surface area contributed by atoms with Gasteiger partial charge in [0.2, 0.25) is 11.8 Å². The number of likely N-dealkylation sites (tertiary alicyclic amines) is 1. The number of nitrogens with one attached hydrogen (secondary N) is 1. The third kappa shape index (κ3) is 7.11. The van der Waals surface area contributed by atoms with Gasteiger partial charge in [-0.2, -0.15) is 0 Å². The molecule has 8 heteroatoms. The highest BCUT2D eigenvalue weighted by molar-refractivity contribution is 6.01. The molecule has 1 atom stereocenters. The van der Waals surface area contributed by atoms with E-state index in [-0.39, 0.29) is 24.7 Å². The van der Waals surface area contributed by atoms with Gasteiger partial charge in [0.25, 0.3) is 0 Å². The molecule has 1 N–H and O–H groups in total. The van der Waals surface area contributed by atoms with Gasteiger partial charge in [0.05, 0.1) is 7.11 Å². The van der Waals surface area contributed by atoms with E-state index in [4.69, 9.17) is 4.74 Å². The Morgan fingerprint density at radius 1 is 1.20 bits per heavy atom. The zero-order valence-corrected chi connectivity index (χ0v) is 15.4. The number of amides is 3. The van der Waals surface area contributed by atoms with Gasteiger partial charge in [-0.15, -0.1) is 0 Å².